The maximum Gasteiger partial charge on any atom is 0.326 e. The summed E-state index contributed by atoms with van der Waals surface area (Å²) in [6, 6.07) is 12.6. The lowest BCUT2D eigenvalue weighted by molar-refractivity contribution is -0.384. The van der Waals surface area contributed by atoms with E-state index in [2.05, 4.69) is 10.3 Å². The molecule has 1 amide bonds. The maximum absolute atomic E-state index is 12.1. The quantitative estimate of drug-likeness (QED) is 0.385. The molecule has 0 bridgehead atoms. The third kappa shape index (κ3) is 4.36. The topological polar surface area (TPSA) is 140 Å². The summed E-state index contributed by atoms with van der Waals surface area (Å²) in [5.41, 5.74) is 1.28. The molecule has 10 heteroatoms. The van der Waals surface area contributed by atoms with E-state index in [0.29, 0.717) is 5.82 Å². The fourth-order valence-corrected chi connectivity index (χ4v) is 2.75. The Kier molecular flexibility index (Phi) is 5.50. The lowest BCUT2D eigenvalue weighted by Crippen LogP contribution is -2.23. The predicted octanol–water partition coefficient (Wildman–Crippen LogP) is 2.31. The van der Waals surface area contributed by atoms with Crippen LogP contribution in [0, 0.1) is 28.4 Å². The minimum atomic E-state index is -0.670. The highest BCUT2D eigenvalue weighted by atomic mass is 16.6. The van der Waals surface area contributed by atoms with E-state index in [1.807, 2.05) is 24.3 Å². The molecule has 146 valence electrons. The molecular weight excluding hydrogens is 378 g/mol. The van der Waals surface area contributed by atoms with Crippen LogP contribution in [0.1, 0.15) is 11.4 Å². The maximum atomic E-state index is 12.1. The number of benzene rings is 2. The molecule has 3 rings (SSSR count). The van der Waals surface area contributed by atoms with E-state index in [4.69, 9.17) is 10.00 Å². The number of anilines is 1. The van der Waals surface area contributed by atoms with Gasteiger partial charge < -0.3 is 14.6 Å². The first kappa shape index (κ1) is 19.5. The third-order valence-electron chi connectivity index (χ3n) is 4.11. The van der Waals surface area contributed by atoms with Gasteiger partial charge in [-0.25, -0.2) is 4.98 Å². The lowest BCUT2D eigenvalue weighted by atomic mass is 10.1. The van der Waals surface area contributed by atoms with Gasteiger partial charge in [0.15, 0.2) is 6.61 Å². The summed E-state index contributed by atoms with van der Waals surface area (Å²) >= 11 is 0. The Labute approximate surface area is 164 Å². The van der Waals surface area contributed by atoms with Crippen molar-refractivity contribution in [3.8, 4) is 6.07 Å². The summed E-state index contributed by atoms with van der Waals surface area (Å²) in [7, 11) is 0. The number of nitriles is 1. The number of hydrogen-bond acceptors (Lipinski definition) is 7. The molecule has 0 fully saturated rings. The summed E-state index contributed by atoms with van der Waals surface area (Å²) in [6.07, 6.45) is 0. The van der Waals surface area contributed by atoms with Crippen LogP contribution in [-0.2, 0) is 20.9 Å². The number of nitro groups is 1. The van der Waals surface area contributed by atoms with Crippen LogP contribution in [-0.4, -0.2) is 33.0 Å². The van der Waals surface area contributed by atoms with Crippen LogP contribution in [0.15, 0.2) is 42.5 Å². The van der Waals surface area contributed by atoms with Gasteiger partial charge in [0.05, 0.1) is 27.2 Å². The summed E-state index contributed by atoms with van der Waals surface area (Å²) in [5, 5.41) is 22.3. The van der Waals surface area contributed by atoms with Crippen molar-refractivity contribution in [3.05, 3.63) is 64.0 Å². The highest BCUT2D eigenvalue weighted by molar-refractivity contribution is 5.94. The predicted molar refractivity (Wildman–Crippen MR) is 102 cm³/mol. The normalized spacial score (nSPS) is 10.3. The van der Waals surface area contributed by atoms with E-state index in [0.717, 1.165) is 23.2 Å². The van der Waals surface area contributed by atoms with Crippen LogP contribution < -0.4 is 5.32 Å². The second-order valence-corrected chi connectivity index (χ2v) is 6.04. The van der Waals surface area contributed by atoms with Gasteiger partial charge in [0.25, 0.3) is 11.6 Å². The summed E-state index contributed by atoms with van der Waals surface area (Å²) in [5.74, 6) is -0.663. The molecule has 0 atom stereocenters. The molecule has 10 nitrogen and oxygen atoms in total. The van der Waals surface area contributed by atoms with Gasteiger partial charge in [0.1, 0.15) is 18.4 Å². The molecule has 2 aromatic carbocycles. The number of aryl methyl sites for hydroxylation is 1. The molecule has 1 heterocycles. The number of aromatic nitrogens is 2. The fourth-order valence-electron chi connectivity index (χ4n) is 2.75. The second-order valence-electron chi connectivity index (χ2n) is 6.04. The van der Waals surface area contributed by atoms with Crippen molar-refractivity contribution >= 4 is 34.3 Å². The van der Waals surface area contributed by atoms with E-state index >= 15 is 0 Å². The summed E-state index contributed by atoms with van der Waals surface area (Å²) in [6.45, 7) is 1.09. The Bertz CT molecular complexity index is 1160. The average molecular weight is 393 g/mol. The zero-order valence-corrected chi connectivity index (χ0v) is 15.3. The number of amides is 1. The number of nitrogens with zero attached hydrogens (tertiary/aromatic N) is 4. The number of ether oxygens (including phenoxy) is 1. The number of rotatable bonds is 6. The number of fused-ring (bicyclic) bond motifs is 1. The van der Waals surface area contributed by atoms with E-state index in [-0.39, 0.29) is 23.5 Å². The summed E-state index contributed by atoms with van der Waals surface area (Å²) in [4.78, 5) is 38.6. The van der Waals surface area contributed by atoms with E-state index < -0.39 is 23.4 Å². The Hall–Kier alpha value is -4.26. The van der Waals surface area contributed by atoms with Gasteiger partial charge in [-0.3, -0.25) is 19.7 Å². The van der Waals surface area contributed by atoms with Crippen molar-refractivity contribution in [2.45, 2.75) is 13.5 Å². The molecular formula is C19H15N5O5. The third-order valence-corrected chi connectivity index (χ3v) is 4.11. The molecule has 3 aromatic rings. The Balaban J connectivity index is 1.61. The van der Waals surface area contributed by atoms with Crippen LogP contribution in [0.25, 0.3) is 11.0 Å². The van der Waals surface area contributed by atoms with Gasteiger partial charge in [-0.2, -0.15) is 5.26 Å². The molecule has 0 saturated carbocycles. The molecule has 0 aliphatic heterocycles. The molecule has 29 heavy (non-hydrogen) atoms. The highest BCUT2D eigenvalue weighted by Crippen LogP contribution is 2.21. The molecule has 0 radical (unpaired) electrons. The van der Waals surface area contributed by atoms with E-state index in [9.17, 15) is 19.7 Å². The van der Waals surface area contributed by atoms with Crippen molar-refractivity contribution in [1.29, 1.82) is 5.26 Å². The fraction of sp³-hybridized carbons (Fsp3) is 0.158. The monoisotopic (exact) mass is 393 g/mol. The number of imidazole rings is 1. The van der Waals surface area contributed by atoms with Gasteiger partial charge in [0.2, 0.25) is 0 Å². The Morgan fingerprint density at radius 1 is 1.31 bits per heavy atom. The number of nitro benzene ring substituents is 1. The minimum Gasteiger partial charge on any atom is -0.454 e. The minimum absolute atomic E-state index is 0.0700. The smallest absolute Gasteiger partial charge is 0.326 e. The van der Waals surface area contributed by atoms with Crippen molar-refractivity contribution in [3.63, 3.8) is 0 Å². The van der Waals surface area contributed by atoms with Crippen LogP contribution in [0.3, 0.4) is 0 Å². The Morgan fingerprint density at radius 2 is 2.07 bits per heavy atom. The molecule has 0 saturated heterocycles. The lowest BCUT2D eigenvalue weighted by Gasteiger charge is -2.09. The number of hydrogen-bond donors (Lipinski definition) is 1. The number of non-ortho nitro benzene ring substituents is 1. The standard InChI is InChI=1S/C19H15N5O5/c1-12-21-16-4-2-3-5-17(16)23(12)10-19(26)29-11-18(25)22-15-7-6-14(24(27)28)8-13(15)9-20/h2-8H,10-11H2,1H3,(H,22,25). The van der Waals surface area contributed by atoms with Crippen molar-refractivity contribution in [2.24, 2.45) is 0 Å². The first-order valence-corrected chi connectivity index (χ1v) is 8.45. The van der Waals surface area contributed by atoms with Gasteiger partial charge in [-0.15, -0.1) is 0 Å². The van der Waals surface area contributed by atoms with E-state index in [1.54, 1.807) is 17.6 Å². The molecule has 0 unspecified atom stereocenters. The SMILES string of the molecule is Cc1nc2ccccc2n1CC(=O)OCC(=O)Nc1ccc([N+](=O)[O-])cc1C#N. The zero-order chi connectivity index (χ0) is 21.0. The van der Waals surface area contributed by atoms with Gasteiger partial charge in [-0.1, -0.05) is 12.1 Å². The number of esters is 1. The van der Waals surface area contributed by atoms with Crippen molar-refractivity contribution < 1.29 is 19.2 Å². The van der Waals surface area contributed by atoms with Crippen LogP contribution in [0.5, 0.6) is 0 Å². The van der Waals surface area contributed by atoms with Gasteiger partial charge in [-0.05, 0) is 25.1 Å². The second kappa shape index (κ2) is 8.18. The van der Waals surface area contributed by atoms with Crippen LogP contribution in [0.2, 0.25) is 0 Å². The van der Waals surface area contributed by atoms with Gasteiger partial charge >= 0.3 is 5.97 Å². The first-order chi connectivity index (χ1) is 13.9. The first-order valence-electron chi connectivity index (χ1n) is 8.45. The van der Waals surface area contributed by atoms with Crippen LogP contribution >= 0.6 is 0 Å². The molecule has 1 N–H and O–H groups in total. The average Bonchev–Trinajstić information content (AvgIpc) is 3.01. The highest BCUT2D eigenvalue weighted by Gasteiger charge is 2.15. The Morgan fingerprint density at radius 3 is 2.79 bits per heavy atom. The molecule has 1 aromatic heterocycles. The number of carbonyl (C=O) groups is 2. The van der Waals surface area contributed by atoms with Crippen molar-refractivity contribution in [2.75, 3.05) is 11.9 Å². The van der Waals surface area contributed by atoms with E-state index in [1.165, 1.54) is 6.07 Å². The molecule has 0 aliphatic rings. The molecule has 0 spiro atoms. The number of nitrogens with one attached hydrogen (secondary N) is 1. The largest absolute Gasteiger partial charge is 0.454 e. The van der Waals surface area contributed by atoms with Crippen LogP contribution in [0.4, 0.5) is 11.4 Å². The number of para-hydroxylation sites is 2. The molecule has 0 aliphatic carbocycles. The zero-order valence-electron chi connectivity index (χ0n) is 15.3. The van der Waals surface area contributed by atoms with Gasteiger partial charge in [0, 0.05) is 12.1 Å². The summed E-state index contributed by atoms with van der Waals surface area (Å²) < 4.78 is 6.68. The number of carbonyl (C=O) groups excluding carboxylic acids is 2. The van der Waals surface area contributed by atoms with Crippen molar-refractivity contribution in [1.82, 2.24) is 9.55 Å².